The van der Waals surface area contributed by atoms with Crippen LogP contribution in [0.2, 0.25) is 0 Å². The molecule has 1 aliphatic rings. The lowest BCUT2D eigenvalue weighted by atomic mass is 9.95. The third-order valence-electron chi connectivity index (χ3n) is 4.29. The molecule has 0 saturated heterocycles. The van der Waals surface area contributed by atoms with Crippen LogP contribution in [0.1, 0.15) is 28.4 Å². The maximum Gasteiger partial charge on any atom is 0.204 e. The Bertz CT molecular complexity index is 844. The van der Waals surface area contributed by atoms with E-state index >= 15 is 0 Å². The van der Waals surface area contributed by atoms with Gasteiger partial charge in [0.25, 0.3) is 0 Å². The quantitative estimate of drug-likeness (QED) is 0.877. The van der Waals surface area contributed by atoms with Gasteiger partial charge in [0.05, 0.1) is 34.9 Å². The van der Waals surface area contributed by atoms with Crippen LogP contribution in [0.5, 0.6) is 34.5 Å². The number of methoxy groups -OCH3 is 4. The van der Waals surface area contributed by atoms with E-state index in [9.17, 15) is 9.90 Å². The Kier molecular flexibility index (Phi) is 4.79. The first kappa shape index (κ1) is 17.7. The number of ketones is 1. The summed E-state index contributed by atoms with van der Waals surface area (Å²) in [5.74, 6) is 1.58. The van der Waals surface area contributed by atoms with Gasteiger partial charge in [-0.3, -0.25) is 4.79 Å². The molecule has 2 aromatic rings. The fraction of sp³-hybridized carbons (Fsp3) is 0.316. The fourth-order valence-corrected chi connectivity index (χ4v) is 3.04. The van der Waals surface area contributed by atoms with E-state index in [2.05, 4.69) is 0 Å². The molecule has 3 rings (SSSR count). The highest BCUT2D eigenvalue weighted by Gasteiger charge is 2.34. The number of aromatic hydroxyl groups is 1. The van der Waals surface area contributed by atoms with Gasteiger partial charge >= 0.3 is 0 Å². The molecule has 7 heteroatoms. The van der Waals surface area contributed by atoms with Crippen LogP contribution in [0.25, 0.3) is 0 Å². The summed E-state index contributed by atoms with van der Waals surface area (Å²) in [6.07, 6.45) is -0.403. The van der Waals surface area contributed by atoms with Crippen molar-refractivity contribution < 1.29 is 33.6 Å². The maximum absolute atomic E-state index is 12.8. The summed E-state index contributed by atoms with van der Waals surface area (Å²) in [7, 11) is 5.90. The molecule has 1 aliphatic heterocycles. The van der Waals surface area contributed by atoms with Crippen LogP contribution in [0, 0.1) is 0 Å². The predicted molar refractivity (Wildman–Crippen MR) is 93.1 cm³/mol. The molecule has 0 aliphatic carbocycles. The van der Waals surface area contributed by atoms with Crippen molar-refractivity contribution in [1.29, 1.82) is 0 Å². The minimum absolute atomic E-state index is 0.0202. The summed E-state index contributed by atoms with van der Waals surface area (Å²) in [6, 6.07) is 6.46. The van der Waals surface area contributed by atoms with Crippen LogP contribution in [-0.2, 0) is 0 Å². The predicted octanol–water partition coefficient (Wildman–Crippen LogP) is 3.13. The van der Waals surface area contributed by atoms with E-state index < -0.39 is 6.10 Å². The minimum Gasteiger partial charge on any atom is -0.504 e. The molecule has 0 spiro atoms. The molecule has 138 valence electrons. The van der Waals surface area contributed by atoms with Crippen molar-refractivity contribution in [3.05, 3.63) is 35.4 Å². The van der Waals surface area contributed by atoms with Crippen molar-refractivity contribution >= 4 is 5.78 Å². The van der Waals surface area contributed by atoms with Gasteiger partial charge in [-0.1, -0.05) is 6.07 Å². The number of carbonyl (C=O) groups is 1. The topological polar surface area (TPSA) is 83.5 Å². The van der Waals surface area contributed by atoms with Gasteiger partial charge < -0.3 is 28.8 Å². The largest absolute Gasteiger partial charge is 0.504 e. The maximum atomic E-state index is 12.8. The number of phenolic OH excluding ortho intramolecular Hbond substituents is 1. The van der Waals surface area contributed by atoms with Gasteiger partial charge in [0.15, 0.2) is 28.8 Å². The van der Waals surface area contributed by atoms with Gasteiger partial charge in [0.2, 0.25) is 5.75 Å². The van der Waals surface area contributed by atoms with Gasteiger partial charge in [0, 0.05) is 6.07 Å². The Morgan fingerprint density at radius 1 is 0.962 bits per heavy atom. The van der Waals surface area contributed by atoms with Crippen molar-refractivity contribution in [2.75, 3.05) is 28.4 Å². The number of benzene rings is 2. The number of fused-ring (bicyclic) bond motifs is 1. The summed E-state index contributed by atoms with van der Waals surface area (Å²) < 4.78 is 27.2. The van der Waals surface area contributed by atoms with Crippen LogP contribution in [0.3, 0.4) is 0 Å². The van der Waals surface area contributed by atoms with E-state index in [1.165, 1.54) is 34.5 Å². The number of hydrogen-bond acceptors (Lipinski definition) is 7. The number of hydrogen-bond donors (Lipinski definition) is 1. The minimum atomic E-state index is -0.521. The van der Waals surface area contributed by atoms with E-state index in [0.717, 1.165) is 0 Å². The second-order valence-corrected chi connectivity index (χ2v) is 5.68. The molecule has 2 aromatic carbocycles. The monoisotopic (exact) mass is 360 g/mol. The van der Waals surface area contributed by atoms with Crippen LogP contribution in [0.15, 0.2) is 24.3 Å². The van der Waals surface area contributed by atoms with E-state index in [1.54, 1.807) is 18.2 Å². The van der Waals surface area contributed by atoms with Gasteiger partial charge in [0.1, 0.15) is 17.4 Å². The van der Waals surface area contributed by atoms with E-state index in [0.29, 0.717) is 34.1 Å². The number of rotatable bonds is 5. The first-order valence-corrected chi connectivity index (χ1v) is 7.93. The Balaban J connectivity index is 2.07. The van der Waals surface area contributed by atoms with Crippen molar-refractivity contribution in [3.63, 3.8) is 0 Å². The first-order chi connectivity index (χ1) is 12.5. The summed E-state index contributed by atoms with van der Waals surface area (Å²) in [4.78, 5) is 12.8. The fourth-order valence-electron chi connectivity index (χ4n) is 3.04. The van der Waals surface area contributed by atoms with Crippen LogP contribution in [0.4, 0.5) is 0 Å². The first-order valence-electron chi connectivity index (χ1n) is 7.93. The molecule has 0 saturated carbocycles. The van der Waals surface area contributed by atoms with Gasteiger partial charge in [-0.2, -0.15) is 0 Å². The molecule has 1 N–H and O–H groups in total. The molecule has 7 nitrogen and oxygen atoms in total. The summed E-state index contributed by atoms with van der Waals surface area (Å²) in [5.41, 5.74) is 1.04. The lowest BCUT2D eigenvalue weighted by Crippen LogP contribution is -2.21. The smallest absolute Gasteiger partial charge is 0.204 e. The third-order valence-corrected chi connectivity index (χ3v) is 4.29. The zero-order chi connectivity index (χ0) is 18.8. The average Bonchev–Trinajstić information content (AvgIpc) is 2.66. The van der Waals surface area contributed by atoms with Crippen molar-refractivity contribution in [1.82, 2.24) is 0 Å². The molecule has 0 amide bonds. The molecular formula is C19H20O7. The standard InChI is InChI=1S/C19H20O7/c1-22-14-7-10(5-6-11(14)20)13-8-12(21)17-15(26-13)9-16(23-2)18(24-3)19(17)25-4/h5-7,9,13,20H,8H2,1-4H3. The molecule has 0 radical (unpaired) electrons. The Morgan fingerprint density at radius 2 is 1.65 bits per heavy atom. The zero-order valence-corrected chi connectivity index (χ0v) is 15.0. The highest BCUT2D eigenvalue weighted by atomic mass is 16.5. The second-order valence-electron chi connectivity index (χ2n) is 5.68. The van der Waals surface area contributed by atoms with E-state index in [-0.39, 0.29) is 23.7 Å². The summed E-state index contributed by atoms with van der Waals surface area (Å²) in [6.45, 7) is 0. The molecule has 1 unspecified atom stereocenters. The summed E-state index contributed by atoms with van der Waals surface area (Å²) in [5, 5.41) is 9.76. The molecular weight excluding hydrogens is 340 g/mol. The normalized spacial score (nSPS) is 15.7. The molecule has 26 heavy (non-hydrogen) atoms. The van der Waals surface area contributed by atoms with Gasteiger partial charge in [-0.15, -0.1) is 0 Å². The number of carbonyl (C=O) groups excluding carboxylic acids is 1. The Hall–Kier alpha value is -3.09. The van der Waals surface area contributed by atoms with Crippen molar-refractivity contribution in [3.8, 4) is 34.5 Å². The average molecular weight is 360 g/mol. The zero-order valence-electron chi connectivity index (χ0n) is 15.0. The number of ether oxygens (including phenoxy) is 5. The van der Waals surface area contributed by atoms with Crippen molar-refractivity contribution in [2.45, 2.75) is 12.5 Å². The lowest BCUT2D eigenvalue weighted by Gasteiger charge is -2.28. The van der Waals surface area contributed by atoms with Crippen LogP contribution in [-0.4, -0.2) is 39.3 Å². The molecule has 1 heterocycles. The van der Waals surface area contributed by atoms with E-state index in [4.69, 9.17) is 23.7 Å². The SMILES string of the molecule is COc1cc(C2CC(=O)c3c(cc(OC)c(OC)c3OC)O2)ccc1O. The van der Waals surface area contributed by atoms with Crippen LogP contribution < -0.4 is 23.7 Å². The Labute approximate surface area is 151 Å². The molecule has 0 fully saturated rings. The number of Topliss-reactive ketones (excluding diaryl/α,β-unsaturated/α-hetero) is 1. The highest BCUT2D eigenvalue weighted by Crippen LogP contribution is 2.49. The van der Waals surface area contributed by atoms with Gasteiger partial charge in [-0.05, 0) is 17.7 Å². The third kappa shape index (κ3) is 2.85. The lowest BCUT2D eigenvalue weighted by molar-refractivity contribution is 0.0842. The van der Waals surface area contributed by atoms with Gasteiger partial charge in [-0.25, -0.2) is 0 Å². The van der Waals surface area contributed by atoms with Crippen molar-refractivity contribution in [2.24, 2.45) is 0 Å². The second kappa shape index (κ2) is 7.03. The highest BCUT2D eigenvalue weighted by molar-refractivity contribution is 6.04. The van der Waals surface area contributed by atoms with E-state index in [1.807, 2.05) is 0 Å². The summed E-state index contributed by atoms with van der Waals surface area (Å²) >= 11 is 0. The molecule has 1 atom stereocenters. The molecule has 0 bridgehead atoms. The Morgan fingerprint density at radius 3 is 2.27 bits per heavy atom. The molecule has 0 aromatic heterocycles. The number of phenols is 1. The van der Waals surface area contributed by atoms with Crippen LogP contribution >= 0.6 is 0 Å².